The fraction of sp³-hybridized carbons (Fsp3) is 0.286. The van der Waals surface area contributed by atoms with Gasteiger partial charge in [-0.2, -0.15) is 5.10 Å². The van der Waals surface area contributed by atoms with E-state index in [1.165, 1.54) is 18.2 Å². The van der Waals surface area contributed by atoms with Gasteiger partial charge in [0.1, 0.15) is 5.82 Å². The molecule has 0 fully saturated rings. The van der Waals surface area contributed by atoms with Gasteiger partial charge in [0.05, 0.1) is 11.1 Å². The van der Waals surface area contributed by atoms with Crippen molar-refractivity contribution in [3.63, 3.8) is 0 Å². The molecule has 1 heterocycles. The molecule has 0 radical (unpaired) electrons. The van der Waals surface area contributed by atoms with Crippen LogP contribution in [-0.4, -0.2) is 15.7 Å². The van der Waals surface area contributed by atoms with Crippen LogP contribution in [0.25, 0.3) is 0 Å². The van der Waals surface area contributed by atoms with Crippen LogP contribution >= 0.6 is 15.9 Å². The fourth-order valence-electron chi connectivity index (χ4n) is 1.62. The molecule has 1 amide bonds. The molecule has 20 heavy (non-hydrogen) atoms. The first-order chi connectivity index (χ1) is 9.27. The Hall–Kier alpha value is -1.69. The minimum absolute atomic E-state index is 0.164. The van der Waals surface area contributed by atoms with Gasteiger partial charge in [-0.05, 0) is 54.9 Å². The van der Waals surface area contributed by atoms with Crippen LogP contribution < -0.4 is 5.32 Å². The predicted molar refractivity (Wildman–Crippen MR) is 79.3 cm³/mol. The van der Waals surface area contributed by atoms with Crippen LogP contribution in [0.5, 0.6) is 0 Å². The SMILES string of the molecule is CC(C)(C)n1ccc(NC(=O)c2cc(F)ccc2Br)n1. The third-order valence-electron chi connectivity index (χ3n) is 2.69. The fourth-order valence-corrected chi connectivity index (χ4v) is 2.05. The van der Waals surface area contributed by atoms with Crippen LogP contribution in [0.4, 0.5) is 10.2 Å². The summed E-state index contributed by atoms with van der Waals surface area (Å²) >= 11 is 3.23. The number of amides is 1. The van der Waals surface area contributed by atoms with Crippen molar-refractivity contribution in [2.75, 3.05) is 5.32 Å². The van der Waals surface area contributed by atoms with Crippen LogP contribution in [0, 0.1) is 5.82 Å². The Kier molecular flexibility index (Phi) is 3.94. The van der Waals surface area contributed by atoms with Crippen LogP contribution in [0.2, 0.25) is 0 Å². The number of nitrogens with zero attached hydrogens (tertiary/aromatic N) is 2. The Morgan fingerprint density at radius 3 is 2.65 bits per heavy atom. The topological polar surface area (TPSA) is 46.9 Å². The second-order valence-electron chi connectivity index (χ2n) is 5.39. The molecule has 0 bridgehead atoms. The minimum atomic E-state index is -0.460. The summed E-state index contributed by atoms with van der Waals surface area (Å²) in [7, 11) is 0. The highest BCUT2D eigenvalue weighted by Crippen LogP contribution is 2.20. The molecule has 0 spiro atoms. The van der Waals surface area contributed by atoms with Gasteiger partial charge in [0, 0.05) is 16.7 Å². The number of hydrogen-bond donors (Lipinski definition) is 1. The zero-order chi connectivity index (χ0) is 14.9. The maximum atomic E-state index is 13.2. The van der Waals surface area contributed by atoms with Crippen molar-refractivity contribution in [1.82, 2.24) is 9.78 Å². The van der Waals surface area contributed by atoms with Crippen LogP contribution in [-0.2, 0) is 5.54 Å². The minimum Gasteiger partial charge on any atom is -0.305 e. The van der Waals surface area contributed by atoms with Crippen LogP contribution in [0.3, 0.4) is 0 Å². The van der Waals surface area contributed by atoms with E-state index in [0.717, 1.165) is 0 Å². The monoisotopic (exact) mass is 339 g/mol. The molecule has 0 aliphatic rings. The second kappa shape index (κ2) is 5.36. The normalized spacial score (nSPS) is 11.4. The molecule has 0 saturated carbocycles. The average molecular weight is 340 g/mol. The summed E-state index contributed by atoms with van der Waals surface area (Å²) in [6, 6.07) is 5.67. The van der Waals surface area contributed by atoms with Gasteiger partial charge in [-0.1, -0.05) is 0 Å². The maximum Gasteiger partial charge on any atom is 0.258 e. The number of carbonyl (C=O) groups is 1. The standard InChI is InChI=1S/C14H15BrFN3O/c1-14(2,3)19-7-6-12(18-19)17-13(20)10-8-9(16)4-5-11(10)15/h4-8H,1-3H3,(H,17,18,20). The molecule has 6 heteroatoms. The van der Waals surface area contributed by atoms with E-state index in [4.69, 9.17) is 0 Å². The van der Waals surface area contributed by atoms with Gasteiger partial charge in [-0.25, -0.2) is 4.39 Å². The van der Waals surface area contributed by atoms with Crippen molar-refractivity contribution in [2.24, 2.45) is 0 Å². The molecule has 1 N–H and O–H groups in total. The molecule has 2 rings (SSSR count). The largest absolute Gasteiger partial charge is 0.305 e. The zero-order valence-corrected chi connectivity index (χ0v) is 13.0. The summed E-state index contributed by atoms with van der Waals surface area (Å²) in [5, 5.41) is 6.93. The van der Waals surface area contributed by atoms with Gasteiger partial charge in [-0.15, -0.1) is 0 Å². The van der Waals surface area contributed by atoms with Gasteiger partial charge in [0.15, 0.2) is 5.82 Å². The van der Waals surface area contributed by atoms with Crippen molar-refractivity contribution in [3.8, 4) is 0 Å². The lowest BCUT2D eigenvalue weighted by Gasteiger charge is -2.18. The quantitative estimate of drug-likeness (QED) is 0.904. The van der Waals surface area contributed by atoms with Gasteiger partial charge in [0.2, 0.25) is 0 Å². The Bertz CT molecular complexity index is 646. The molecule has 0 saturated heterocycles. The first kappa shape index (κ1) is 14.7. The average Bonchev–Trinajstić information content (AvgIpc) is 2.80. The Morgan fingerprint density at radius 1 is 1.35 bits per heavy atom. The lowest BCUT2D eigenvalue weighted by Crippen LogP contribution is -2.22. The van der Waals surface area contributed by atoms with E-state index in [1.807, 2.05) is 20.8 Å². The number of anilines is 1. The molecule has 0 unspecified atom stereocenters. The first-order valence-corrected chi connectivity index (χ1v) is 6.89. The predicted octanol–water partition coefficient (Wildman–Crippen LogP) is 3.79. The second-order valence-corrected chi connectivity index (χ2v) is 6.25. The van der Waals surface area contributed by atoms with Crippen molar-refractivity contribution >= 4 is 27.7 Å². The summed E-state index contributed by atoms with van der Waals surface area (Å²) in [6.45, 7) is 6.03. The van der Waals surface area contributed by atoms with E-state index in [0.29, 0.717) is 10.3 Å². The van der Waals surface area contributed by atoms with E-state index >= 15 is 0 Å². The van der Waals surface area contributed by atoms with E-state index in [9.17, 15) is 9.18 Å². The number of nitrogens with one attached hydrogen (secondary N) is 1. The Balaban J connectivity index is 2.20. The highest BCUT2D eigenvalue weighted by atomic mass is 79.9. The molecular weight excluding hydrogens is 325 g/mol. The van der Waals surface area contributed by atoms with Crippen molar-refractivity contribution < 1.29 is 9.18 Å². The number of aromatic nitrogens is 2. The van der Waals surface area contributed by atoms with Crippen molar-refractivity contribution in [1.29, 1.82) is 0 Å². The van der Waals surface area contributed by atoms with Gasteiger partial charge in [-0.3, -0.25) is 9.48 Å². The van der Waals surface area contributed by atoms with Crippen LogP contribution in [0.15, 0.2) is 34.9 Å². The summed E-state index contributed by atoms with van der Waals surface area (Å²) < 4.78 is 15.5. The lowest BCUT2D eigenvalue weighted by atomic mass is 10.1. The highest BCUT2D eigenvalue weighted by molar-refractivity contribution is 9.10. The number of hydrogen-bond acceptors (Lipinski definition) is 2. The number of benzene rings is 1. The van der Waals surface area contributed by atoms with Gasteiger partial charge >= 0.3 is 0 Å². The Morgan fingerprint density at radius 2 is 2.05 bits per heavy atom. The summed E-state index contributed by atoms with van der Waals surface area (Å²) in [6.07, 6.45) is 1.79. The summed E-state index contributed by atoms with van der Waals surface area (Å²) in [4.78, 5) is 12.1. The van der Waals surface area contributed by atoms with E-state index < -0.39 is 11.7 Å². The zero-order valence-electron chi connectivity index (χ0n) is 11.4. The number of halogens is 2. The third-order valence-corrected chi connectivity index (χ3v) is 3.38. The van der Waals surface area contributed by atoms with Crippen molar-refractivity contribution in [2.45, 2.75) is 26.3 Å². The van der Waals surface area contributed by atoms with E-state index in [-0.39, 0.29) is 11.1 Å². The lowest BCUT2D eigenvalue weighted by molar-refractivity contribution is 0.102. The molecule has 1 aromatic heterocycles. The molecule has 2 aromatic rings. The third kappa shape index (κ3) is 3.25. The highest BCUT2D eigenvalue weighted by Gasteiger charge is 2.16. The molecule has 1 aromatic carbocycles. The van der Waals surface area contributed by atoms with Crippen molar-refractivity contribution in [3.05, 3.63) is 46.3 Å². The summed E-state index contributed by atoms with van der Waals surface area (Å²) in [5.41, 5.74) is 0.0675. The Labute approximate surface area is 125 Å². The molecule has 0 aliphatic carbocycles. The first-order valence-electron chi connectivity index (χ1n) is 6.10. The van der Waals surface area contributed by atoms with Gasteiger partial charge in [0.25, 0.3) is 5.91 Å². The molecule has 106 valence electrons. The smallest absolute Gasteiger partial charge is 0.258 e. The molecule has 0 aliphatic heterocycles. The number of carbonyl (C=O) groups excluding carboxylic acids is 1. The molecular formula is C14H15BrFN3O. The van der Waals surface area contributed by atoms with Gasteiger partial charge < -0.3 is 5.32 Å². The van der Waals surface area contributed by atoms with E-state index in [1.54, 1.807) is 16.9 Å². The molecule has 4 nitrogen and oxygen atoms in total. The molecule has 0 atom stereocenters. The maximum absolute atomic E-state index is 13.2. The number of rotatable bonds is 2. The van der Waals surface area contributed by atoms with E-state index in [2.05, 4.69) is 26.3 Å². The van der Waals surface area contributed by atoms with Crippen LogP contribution in [0.1, 0.15) is 31.1 Å². The summed E-state index contributed by atoms with van der Waals surface area (Å²) in [5.74, 6) is -0.435.